The molecule has 0 aromatic carbocycles. The van der Waals surface area contributed by atoms with Crippen molar-refractivity contribution < 1.29 is 17.1 Å². The van der Waals surface area contributed by atoms with E-state index in [0.717, 1.165) is 71.0 Å². The van der Waals surface area contributed by atoms with Crippen LogP contribution >= 0.6 is 0 Å². The Balaban J connectivity index is 0.000000227. The monoisotopic (exact) mass is 500 g/mol. The van der Waals surface area contributed by atoms with E-state index in [1.165, 1.54) is 77.0 Å². The van der Waals surface area contributed by atoms with Gasteiger partial charge in [-0.1, -0.05) is 107 Å². The molecule has 0 amide bonds. The van der Waals surface area contributed by atoms with E-state index in [-0.39, 0.29) is 17.1 Å². The molecule has 33 heavy (non-hydrogen) atoms. The minimum absolute atomic E-state index is 0. The summed E-state index contributed by atoms with van der Waals surface area (Å²) < 4.78 is 0. The molecule has 4 fully saturated rings. The second-order valence-corrected chi connectivity index (χ2v) is 14.0. The molecule has 0 spiro atoms. The summed E-state index contributed by atoms with van der Waals surface area (Å²) in [7, 11) is 0. The fourth-order valence-electron chi connectivity index (χ4n) is 9.37. The second kappa shape index (κ2) is 13.7. The maximum absolute atomic E-state index is 2.45. The summed E-state index contributed by atoms with van der Waals surface area (Å²) in [6.45, 7) is 19.6. The molecule has 0 aromatic rings. The van der Waals surface area contributed by atoms with Crippen LogP contribution in [0.4, 0.5) is 0 Å². The second-order valence-electron chi connectivity index (χ2n) is 14.0. The van der Waals surface area contributed by atoms with Crippen molar-refractivity contribution in [3.8, 4) is 0 Å². The van der Waals surface area contributed by atoms with Crippen LogP contribution in [0.1, 0.15) is 132 Å². The van der Waals surface area contributed by atoms with Gasteiger partial charge >= 0.3 is 0 Å². The van der Waals surface area contributed by atoms with Gasteiger partial charge in [-0.15, -0.1) is 0 Å². The number of hydrogen-bond acceptors (Lipinski definition) is 0. The van der Waals surface area contributed by atoms with Gasteiger partial charge in [-0.05, 0) is 96.7 Å². The Labute approximate surface area is 220 Å². The predicted molar refractivity (Wildman–Crippen MR) is 143 cm³/mol. The van der Waals surface area contributed by atoms with E-state index in [1.807, 2.05) is 0 Å². The Morgan fingerprint density at radius 3 is 0.758 bits per heavy atom. The molecule has 0 bridgehead atoms. The van der Waals surface area contributed by atoms with Gasteiger partial charge in [0, 0.05) is 17.1 Å². The van der Waals surface area contributed by atoms with Crippen molar-refractivity contribution in [2.75, 3.05) is 0 Å². The first kappa shape index (κ1) is 29.7. The van der Waals surface area contributed by atoms with E-state index >= 15 is 0 Å². The summed E-state index contributed by atoms with van der Waals surface area (Å²) >= 11 is 0. The van der Waals surface area contributed by atoms with Crippen LogP contribution < -0.4 is 0 Å². The maximum Gasteiger partial charge on any atom is 0 e. The van der Waals surface area contributed by atoms with Crippen LogP contribution in [-0.2, 0) is 17.1 Å². The van der Waals surface area contributed by atoms with Gasteiger partial charge in [-0.25, -0.2) is 0 Å². The predicted octanol–water partition coefficient (Wildman–Crippen LogP) is 10.3. The molecule has 4 saturated carbocycles. The molecule has 0 aliphatic heterocycles. The molecule has 4 aliphatic carbocycles. The van der Waals surface area contributed by atoms with Crippen LogP contribution in [0.2, 0.25) is 0 Å². The Hall–Kier alpha value is 0.519. The zero-order chi connectivity index (χ0) is 23.4. The van der Waals surface area contributed by atoms with Crippen molar-refractivity contribution in [3.63, 3.8) is 0 Å². The first-order chi connectivity index (χ1) is 15.2. The average Bonchev–Trinajstić information content (AvgIpc) is 3.54. The van der Waals surface area contributed by atoms with Gasteiger partial charge in [0.25, 0.3) is 0 Å². The molecular weight excluding hydrogens is 440 g/mol. The zero-order valence-electron chi connectivity index (χ0n) is 23.8. The maximum atomic E-state index is 2.45. The number of rotatable bonds is 6. The van der Waals surface area contributed by atoms with Gasteiger partial charge in [0.15, 0.2) is 0 Å². The molecule has 1 heteroatoms. The third-order valence-corrected chi connectivity index (χ3v) is 11.0. The molecule has 0 heterocycles. The summed E-state index contributed by atoms with van der Waals surface area (Å²) in [6.07, 6.45) is 18.3. The van der Waals surface area contributed by atoms with Crippen molar-refractivity contribution in [3.05, 3.63) is 0 Å². The van der Waals surface area contributed by atoms with Crippen LogP contribution in [0.25, 0.3) is 0 Å². The van der Waals surface area contributed by atoms with Crippen molar-refractivity contribution in [1.29, 1.82) is 0 Å². The molecule has 0 N–H and O–H groups in total. The first-order valence-electron chi connectivity index (χ1n) is 15.2. The first-order valence-corrected chi connectivity index (χ1v) is 15.2. The van der Waals surface area contributed by atoms with Crippen LogP contribution in [0.3, 0.4) is 0 Å². The average molecular weight is 501 g/mol. The van der Waals surface area contributed by atoms with Crippen molar-refractivity contribution in [2.24, 2.45) is 71.0 Å². The van der Waals surface area contributed by atoms with E-state index in [4.69, 9.17) is 0 Å². The molecule has 196 valence electrons. The fourth-order valence-corrected chi connectivity index (χ4v) is 9.37. The van der Waals surface area contributed by atoms with Crippen LogP contribution in [0.15, 0.2) is 0 Å². The molecule has 0 nitrogen and oxygen atoms in total. The Bertz CT molecular complexity index is 443. The van der Waals surface area contributed by atoms with Gasteiger partial charge in [0.2, 0.25) is 0 Å². The van der Waals surface area contributed by atoms with Crippen LogP contribution in [0.5, 0.6) is 0 Å². The smallest absolute Gasteiger partial charge is 0 e. The molecule has 4 rings (SSSR count). The summed E-state index contributed by atoms with van der Waals surface area (Å²) in [5, 5.41) is 0. The van der Waals surface area contributed by atoms with E-state index in [9.17, 15) is 0 Å². The Morgan fingerprint density at radius 2 is 0.576 bits per heavy atom. The van der Waals surface area contributed by atoms with Crippen molar-refractivity contribution in [1.82, 2.24) is 0 Å². The molecule has 4 unspecified atom stereocenters. The third kappa shape index (κ3) is 7.28. The molecule has 4 aliphatic rings. The van der Waals surface area contributed by atoms with Gasteiger partial charge in [-0.3, -0.25) is 0 Å². The summed E-state index contributed by atoms with van der Waals surface area (Å²) in [5.74, 6) is 12.1. The molecular formula is C32H60Fe. The van der Waals surface area contributed by atoms with E-state index in [1.54, 1.807) is 0 Å². The SMILES string of the molecule is CC(C)C1CCC(C(C)C)C1C1CCCC1.CC(C)C1CCC(C(C)C)C1C1CCCC1.[Fe]. The minimum atomic E-state index is 0. The van der Waals surface area contributed by atoms with E-state index < -0.39 is 0 Å². The zero-order valence-corrected chi connectivity index (χ0v) is 24.9. The minimum Gasteiger partial charge on any atom is -0.0625 e. The molecule has 0 aromatic heterocycles. The molecule has 0 saturated heterocycles. The van der Waals surface area contributed by atoms with Gasteiger partial charge in [0.05, 0.1) is 0 Å². The van der Waals surface area contributed by atoms with E-state index in [0.29, 0.717) is 0 Å². The molecule has 0 radical (unpaired) electrons. The Morgan fingerprint density at radius 1 is 0.364 bits per heavy atom. The molecule has 4 atom stereocenters. The van der Waals surface area contributed by atoms with Crippen molar-refractivity contribution in [2.45, 2.75) is 132 Å². The van der Waals surface area contributed by atoms with Crippen LogP contribution in [-0.4, -0.2) is 0 Å². The largest absolute Gasteiger partial charge is 0.0625 e. The van der Waals surface area contributed by atoms with E-state index in [2.05, 4.69) is 55.4 Å². The summed E-state index contributed by atoms with van der Waals surface area (Å²) in [4.78, 5) is 0. The topological polar surface area (TPSA) is 0 Å². The summed E-state index contributed by atoms with van der Waals surface area (Å²) in [6, 6.07) is 0. The van der Waals surface area contributed by atoms with Gasteiger partial charge < -0.3 is 0 Å². The quantitative estimate of drug-likeness (QED) is 0.318. The Kier molecular flexibility index (Phi) is 12.4. The van der Waals surface area contributed by atoms with Crippen molar-refractivity contribution >= 4 is 0 Å². The van der Waals surface area contributed by atoms with Gasteiger partial charge in [-0.2, -0.15) is 0 Å². The standard InChI is InChI=1S/2C16H30.Fe/c2*1-11(2)14-9-10-15(12(3)4)16(14)13-7-5-6-8-13;/h2*11-16H,5-10H2,1-4H3;. The van der Waals surface area contributed by atoms with Gasteiger partial charge in [0.1, 0.15) is 0 Å². The summed E-state index contributed by atoms with van der Waals surface area (Å²) in [5.41, 5.74) is 0. The van der Waals surface area contributed by atoms with Crippen LogP contribution in [0, 0.1) is 71.0 Å². The normalized spacial score (nSPS) is 35.6. The number of hydrogen-bond donors (Lipinski definition) is 0. The fraction of sp³-hybridized carbons (Fsp3) is 1.00. The third-order valence-electron chi connectivity index (χ3n) is 11.0.